The number of rotatable bonds is 10. The summed E-state index contributed by atoms with van der Waals surface area (Å²) in [5, 5.41) is 10.4. The Morgan fingerprint density at radius 2 is 1.77 bits per heavy atom. The second-order valence-electron chi connectivity index (χ2n) is 9.61. The molecule has 1 atom stereocenters. The smallest absolute Gasteiger partial charge is 0.161 e. The molecule has 0 amide bonds. The van der Waals surface area contributed by atoms with Crippen LogP contribution >= 0.6 is 0 Å². The van der Waals surface area contributed by atoms with Gasteiger partial charge in [0.1, 0.15) is 12.7 Å². The van der Waals surface area contributed by atoms with Gasteiger partial charge in [0.05, 0.1) is 7.11 Å². The average Bonchev–Trinajstić information content (AvgIpc) is 3.03. The number of hydrogen-bond acceptors (Lipinski definition) is 6. The maximum absolute atomic E-state index is 10.4. The Morgan fingerprint density at radius 3 is 2.45 bits per heavy atom. The minimum Gasteiger partial charge on any atom is -0.493 e. The summed E-state index contributed by atoms with van der Waals surface area (Å²) in [5.41, 5.74) is 1.23. The monoisotopic (exact) mass is 433 g/mol. The maximum atomic E-state index is 10.4. The first-order chi connectivity index (χ1) is 15.0. The third kappa shape index (κ3) is 8.26. The van der Waals surface area contributed by atoms with Crippen LogP contribution in [0.15, 0.2) is 18.2 Å². The number of hydrogen-bond donors (Lipinski definition) is 1. The molecule has 6 nitrogen and oxygen atoms in total. The lowest BCUT2D eigenvalue weighted by Gasteiger charge is -2.31. The number of methoxy groups -OCH3 is 1. The minimum atomic E-state index is -0.483. The van der Waals surface area contributed by atoms with Crippen molar-refractivity contribution in [2.75, 3.05) is 67.1 Å². The van der Waals surface area contributed by atoms with Crippen LogP contribution in [0.2, 0.25) is 0 Å². The van der Waals surface area contributed by atoms with Gasteiger partial charge >= 0.3 is 0 Å². The number of ether oxygens (including phenoxy) is 2. The highest BCUT2D eigenvalue weighted by atomic mass is 16.5. The fraction of sp³-hybridized carbons (Fsp3) is 0.760. The van der Waals surface area contributed by atoms with Crippen molar-refractivity contribution in [2.45, 2.75) is 51.2 Å². The van der Waals surface area contributed by atoms with E-state index in [4.69, 9.17) is 9.47 Å². The Kier molecular flexibility index (Phi) is 9.91. The topological polar surface area (TPSA) is 48.4 Å². The average molecular weight is 434 g/mol. The summed E-state index contributed by atoms with van der Waals surface area (Å²) >= 11 is 0. The van der Waals surface area contributed by atoms with Gasteiger partial charge in [0.15, 0.2) is 11.5 Å². The summed E-state index contributed by atoms with van der Waals surface area (Å²) in [7, 11) is 6.10. The molecule has 1 aromatic rings. The molecule has 0 radical (unpaired) electrons. The molecule has 1 aromatic carbocycles. The zero-order valence-corrected chi connectivity index (χ0v) is 19.9. The molecule has 0 unspecified atom stereocenters. The van der Waals surface area contributed by atoms with Crippen molar-refractivity contribution in [1.29, 1.82) is 0 Å². The molecule has 2 aliphatic heterocycles. The van der Waals surface area contributed by atoms with Crippen LogP contribution in [-0.4, -0.2) is 93.0 Å². The van der Waals surface area contributed by atoms with Crippen LogP contribution < -0.4 is 9.47 Å². The van der Waals surface area contributed by atoms with Gasteiger partial charge < -0.3 is 29.3 Å². The summed E-state index contributed by atoms with van der Waals surface area (Å²) in [6.45, 7) is 7.60. The lowest BCUT2D eigenvalue weighted by molar-refractivity contribution is 0.0683. The first kappa shape index (κ1) is 24.3. The molecule has 0 bridgehead atoms. The molecule has 1 N–H and O–H groups in total. The highest BCUT2D eigenvalue weighted by Crippen LogP contribution is 2.29. The van der Waals surface area contributed by atoms with E-state index in [2.05, 4.69) is 40.9 Å². The van der Waals surface area contributed by atoms with E-state index < -0.39 is 6.10 Å². The van der Waals surface area contributed by atoms with Crippen LogP contribution in [0.5, 0.6) is 11.5 Å². The number of β-amino-alcohol motifs (C(OH)–C–C–N with tert-alkyl or cyclic N) is 1. The van der Waals surface area contributed by atoms with Gasteiger partial charge in [0.25, 0.3) is 0 Å². The molecule has 0 aromatic heterocycles. The van der Waals surface area contributed by atoms with Crippen LogP contribution in [0.3, 0.4) is 0 Å². The number of benzene rings is 1. The molecular weight excluding hydrogens is 390 g/mol. The fourth-order valence-electron chi connectivity index (χ4n) is 4.85. The number of likely N-dealkylation sites (tertiary alicyclic amines) is 2. The molecule has 0 aliphatic carbocycles. The Hall–Kier alpha value is -1.34. The molecule has 0 spiro atoms. The van der Waals surface area contributed by atoms with Crippen LogP contribution in [-0.2, 0) is 6.54 Å². The highest BCUT2D eigenvalue weighted by molar-refractivity contribution is 5.43. The minimum absolute atomic E-state index is 0.294. The summed E-state index contributed by atoms with van der Waals surface area (Å²) in [4.78, 5) is 7.20. The molecule has 6 heteroatoms. The van der Waals surface area contributed by atoms with Gasteiger partial charge in [-0.3, -0.25) is 0 Å². The Labute approximate surface area is 189 Å². The number of aliphatic hydroxyl groups excluding tert-OH is 1. The Morgan fingerprint density at radius 1 is 1.06 bits per heavy atom. The van der Waals surface area contributed by atoms with Crippen molar-refractivity contribution in [2.24, 2.45) is 5.92 Å². The summed E-state index contributed by atoms with van der Waals surface area (Å²) in [6, 6.07) is 6.17. The standard InChI is InChI=1S/C25H43N3O3/c1-26-14-10-21(11-15-26)17-27(2)18-22-8-9-24(25(16-22)30-3)31-20-23(29)19-28-12-6-4-5-7-13-28/h8-9,16,21,23,29H,4-7,10-15,17-20H2,1-3H3/t23-/m0/s1. The van der Waals surface area contributed by atoms with Gasteiger partial charge in [0.2, 0.25) is 0 Å². The van der Waals surface area contributed by atoms with E-state index in [1.807, 2.05) is 6.07 Å². The predicted octanol–water partition coefficient (Wildman–Crippen LogP) is 3.08. The number of nitrogens with zero attached hydrogens (tertiary/aromatic N) is 3. The Balaban J connectivity index is 1.46. The summed E-state index contributed by atoms with van der Waals surface area (Å²) in [6.07, 6.45) is 7.17. The molecule has 0 saturated carbocycles. The van der Waals surface area contributed by atoms with Crippen molar-refractivity contribution in [3.63, 3.8) is 0 Å². The third-order valence-electron chi connectivity index (χ3n) is 6.69. The van der Waals surface area contributed by atoms with Crippen molar-refractivity contribution in [3.8, 4) is 11.5 Å². The normalized spacial score (nSPS) is 20.5. The SMILES string of the molecule is COc1cc(CN(C)CC2CCN(C)CC2)ccc1OC[C@@H](O)CN1CCCCCC1. The van der Waals surface area contributed by atoms with E-state index in [1.54, 1.807) is 7.11 Å². The molecule has 176 valence electrons. The van der Waals surface area contributed by atoms with Crippen molar-refractivity contribution >= 4 is 0 Å². The quantitative estimate of drug-likeness (QED) is 0.612. The fourth-order valence-corrected chi connectivity index (χ4v) is 4.85. The van der Waals surface area contributed by atoms with Crippen LogP contribution in [0.25, 0.3) is 0 Å². The van der Waals surface area contributed by atoms with E-state index in [-0.39, 0.29) is 0 Å². The first-order valence-corrected chi connectivity index (χ1v) is 12.1. The van der Waals surface area contributed by atoms with Gasteiger partial charge in [0, 0.05) is 19.6 Å². The van der Waals surface area contributed by atoms with Gasteiger partial charge in [-0.05, 0) is 89.6 Å². The van der Waals surface area contributed by atoms with Crippen molar-refractivity contribution in [1.82, 2.24) is 14.7 Å². The second kappa shape index (κ2) is 12.6. The van der Waals surface area contributed by atoms with E-state index in [9.17, 15) is 5.11 Å². The predicted molar refractivity (Wildman–Crippen MR) is 126 cm³/mol. The highest BCUT2D eigenvalue weighted by Gasteiger charge is 2.19. The molecule has 2 aliphatic rings. The van der Waals surface area contributed by atoms with Crippen LogP contribution in [0, 0.1) is 5.92 Å². The molecular formula is C25H43N3O3. The van der Waals surface area contributed by atoms with Gasteiger partial charge in [-0.15, -0.1) is 0 Å². The number of piperidine rings is 1. The van der Waals surface area contributed by atoms with E-state index in [0.29, 0.717) is 18.9 Å². The van der Waals surface area contributed by atoms with Crippen molar-refractivity contribution < 1.29 is 14.6 Å². The molecule has 3 rings (SSSR count). The largest absolute Gasteiger partial charge is 0.493 e. The third-order valence-corrected chi connectivity index (χ3v) is 6.69. The first-order valence-electron chi connectivity index (χ1n) is 12.1. The maximum Gasteiger partial charge on any atom is 0.161 e. The molecule has 31 heavy (non-hydrogen) atoms. The molecule has 2 heterocycles. The molecule has 2 saturated heterocycles. The van der Waals surface area contributed by atoms with E-state index in [1.165, 1.54) is 57.2 Å². The lowest BCUT2D eigenvalue weighted by atomic mass is 9.96. The summed E-state index contributed by atoms with van der Waals surface area (Å²) in [5.74, 6) is 2.24. The van der Waals surface area contributed by atoms with Crippen molar-refractivity contribution in [3.05, 3.63) is 23.8 Å². The van der Waals surface area contributed by atoms with Crippen LogP contribution in [0.1, 0.15) is 44.1 Å². The second-order valence-corrected chi connectivity index (χ2v) is 9.61. The number of aliphatic hydroxyl groups is 1. The zero-order valence-electron chi connectivity index (χ0n) is 19.9. The van der Waals surface area contributed by atoms with E-state index in [0.717, 1.165) is 37.8 Å². The Bertz CT molecular complexity index is 641. The van der Waals surface area contributed by atoms with Gasteiger partial charge in [-0.2, -0.15) is 0 Å². The van der Waals surface area contributed by atoms with Gasteiger partial charge in [-0.1, -0.05) is 18.9 Å². The van der Waals surface area contributed by atoms with Gasteiger partial charge in [-0.25, -0.2) is 0 Å². The zero-order chi connectivity index (χ0) is 22.1. The lowest BCUT2D eigenvalue weighted by Crippen LogP contribution is -2.36. The van der Waals surface area contributed by atoms with E-state index >= 15 is 0 Å². The molecule has 2 fully saturated rings. The summed E-state index contributed by atoms with van der Waals surface area (Å²) < 4.78 is 11.5. The van der Waals surface area contributed by atoms with Crippen LogP contribution in [0.4, 0.5) is 0 Å².